The Bertz CT molecular complexity index is 583. The van der Waals surface area contributed by atoms with Gasteiger partial charge in [-0.1, -0.05) is 0 Å². The molecule has 0 aliphatic heterocycles. The highest BCUT2D eigenvalue weighted by molar-refractivity contribution is 7.13. The van der Waals surface area contributed by atoms with Crippen LogP contribution in [0, 0.1) is 13.8 Å². The van der Waals surface area contributed by atoms with Crippen molar-refractivity contribution in [1.29, 1.82) is 0 Å². The molecule has 1 aromatic heterocycles. The van der Waals surface area contributed by atoms with Crippen LogP contribution in [-0.2, 0) is 0 Å². The molecule has 1 N–H and O–H groups in total. The van der Waals surface area contributed by atoms with Crippen molar-refractivity contribution in [3.8, 4) is 5.75 Å². The Labute approximate surface area is 122 Å². The van der Waals surface area contributed by atoms with Crippen molar-refractivity contribution < 1.29 is 9.53 Å². The number of rotatable bonds is 4. The van der Waals surface area contributed by atoms with E-state index in [1.807, 2.05) is 52.0 Å². The second kappa shape index (κ2) is 6.05. The van der Waals surface area contributed by atoms with E-state index in [2.05, 4.69) is 10.3 Å². The van der Waals surface area contributed by atoms with Crippen LogP contribution in [0.3, 0.4) is 0 Å². The summed E-state index contributed by atoms with van der Waals surface area (Å²) in [6.45, 7) is 7.81. The second-order valence-corrected chi connectivity index (χ2v) is 6.01. The summed E-state index contributed by atoms with van der Waals surface area (Å²) in [5, 5.41) is 3.32. The molecule has 0 saturated carbocycles. The third kappa shape index (κ3) is 3.57. The van der Waals surface area contributed by atoms with Gasteiger partial charge in [-0.25, -0.2) is 4.98 Å². The summed E-state index contributed by atoms with van der Waals surface area (Å²) in [5.74, 6) is 0.614. The number of thiazole rings is 1. The molecule has 0 aliphatic carbocycles. The molecule has 2 aromatic rings. The molecule has 2 rings (SSSR count). The first kappa shape index (κ1) is 14.5. The molecule has 0 aliphatic rings. The zero-order valence-electron chi connectivity index (χ0n) is 12.1. The third-order valence-corrected chi connectivity index (χ3v) is 3.78. The highest BCUT2D eigenvalue weighted by Crippen LogP contribution is 2.20. The molecule has 0 spiro atoms. The van der Waals surface area contributed by atoms with E-state index in [1.54, 1.807) is 0 Å². The molecule has 0 bridgehead atoms. The average Bonchev–Trinajstić information content (AvgIpc) is 2.71. The fourth-order valence-electron chi connectivity index (χ4n) is 1.64. The number of aromatic nitrogens is 1. The number of amides is 1. The molecule has 4 nitrogen and oxygen atoms in total. The summed E-state index contributed by atoms with van der Waals surface area (Å²) >= 11 is 1.41. The molecule has 1 aromatic carbocycles. The molecule has 20 heavy (non-hydrogen) atoms. The van der Waals surface area contributed by atoms with E-state index in [-0.39, 0.29) is 12.0 Å². The third-order valence-electron chi connectivity index (χ3n) is 2.71. The number of carbonyl (C=O) groups is 1. The van der Waals surface area contributed by atoms with Crippen molar-refractivity contribution >= 4 is 22.9 Å². The van der Waals surface area contributed by atoms with Crippen LogP contribution < -0.4 is 10.1 Å². The first-order chi connectivity index (χ1) is 9.45. The van der Waals surface area contributed by atoms with Crippen molar-refractivity contribution in [3.05, 3.63) is 39.8 Å². The number of hydrogen-bond acceptors (Lipinski definition) is 4. The number of nitrogens with zero attached hydrogens (tertiary/aromatic N) is 1. The summed E-state index contributed by atoms with van der Waals surface area (Å²) in [6.07, 6.45) is 0.136. The molecule has 0 fully saturated rings. The van der Waals surface area contributed by atoms with Crippen LogP contribution in [0.4, 0.5) is 5.69 Å². The smallest absolute Gasteiger partial charge is 0.284 e. The molecular weight excluding hydrogens is 272 g/mol. The number of nitrogens with one attached hydrogen (secondary N) is 1. The lowest BCUT2D eigenvalue weighted by molar-refractivity contribution is 0.102. The first-order valence-corrected chi connectivity index (χ1v) is 7.29. The van der Waals surface area contributed by atoms with Crippen LogP contribution in [0.2, 0.25) is 0 Å². The number of carbonyl (C=O) groups excluding carboxylic acids is 1. The summed E-state index contributed by atoms with van der Waals surface area (Å²) in [6, 6.07) is 7.33. The van der Waals surface area contributed by atoms with Gasteiger partial charge in [0.2, 0.25) is 0 Å². The second-order valence-electron chi connectivity index (χ2n) is 4.81. The minimum Gasteiger partial charge on any atom is -0.491 e. The maximum absolute atomic E-state index is 12.0. The molecule has 0 radical (unpaired) electrons. The van der Waals surface area contributed by atoms with Gasteiger partial charge in [-0.05, 0) is 52.0 Å². The van der Waals surface area contributed by atoms with Crippen LogP contribution in [0.1, 0.15) is 34.2 Å². The Morgan fingerprint density at radius 2 is 1.90 bits per heavy atom. The van der Waals surface area contributed by atoms with Gasteiger partial charge < -0.3 is 10.1 Å². The van der Waals surface area contributed by atoms with E-state index in [0.29, 0.717) is 5.01 Å². The Hall–Kier alpha value is -1.88. The van der Waals surface area contributed by atoms with E-state index in [4.69, 9.17) is 4.74 Å². The predicted molar refractivity (Wildman–Crippen MR) is 81.7 cm³/mol. The van der Waals surface area contributed by atoms with E-state index in [0.717, 1.165) is 22.0 Å². The van der Waals surface area contributed by atoms with Gasteiger partial charge in [0, 0.05) is 10.6 Å². The van der Waals surface area contributed by atoms with Gasteiger partial charge >= 0.3 is 0 Å². The lowest BCUT2D eigenvalue weighted by atomic mass is 10.3. The van der Waals surface area contributed by atoms with E-state index < -0.39 is 0 Å². The molecule has 0 unspecified atom stereocenters. The highest BCUT2D eigenvalue weighted by atomic mass is 32.1. The largest absolute Gasteiger partial charge is 0.491 e. The summed E-state index contributed by atoms with van der Waals surface area (Å²) in [4.78, 5) is 17.4. The average molecular weight is 290 g/mol. The van der Waals surface area contributed by atoms with Crippen molar-refractivity contribution in [2.75, 3.05) is 5.32 Å². The molecule has 0 saturated heterocycles. The molecule has 1 heterocycles. The van der Waals surface area contributed by atoms with Crippen molar-refractivity contribution in [3.63, 3.8) is 0 Å². The molecule has 106 valence electrons. The Balaban J connectivity index is 2.04. The Morgan fingerprint density at radius 3 is 2.40 bits per heavy atom. The number of aryl methyl sites for hydroxylation is 2. The standard InChI is InChI=1S/C15H18N2O2S/c1-9(2)19-13-7-5-12(6-8-13)17-14(18)15-16-10(3)11(4)20-15/h5-9H,1-4H3,(H,17,18). The normalized spacial score (nSPS) is 10.7. The van der Waals surface area contributed by atoms with Gasteiger partial charge in [0.1, 0.15) is 5.75 Å². The van der Waals surface area contributed by atoms with Crippen LogP contribution in [0.5, 0.6) is 5.75 Å². The number of benzene rings is 1. The van der Waals surface area contributed by atoms with Gasteiger partial charge in [-0.3, -0.25) is 4.79 Å². The van der Waals surface area contributed by atoms with Crippen molar-refractivity contribution in [1.82, 2.24) is 4.98 Å². The maximum atomic E-state index is 12.0. The minimum absolute atomic E-state index is 0.136. The van der Waals surface area contributed by atoms with E-state index in [1.165, 1.54) is 11.3 Å². The lowest BCUT2D eigenvalue weighted by Gasteiger charge is -2.10. The molecule has 1 amide bonds. The highest BCUT2D eigenvalue weighted by Gasteiger charge is 2.12. The first-order valence-electron chi connectivity index (χ1n) is 6.48. The van der Waals surface area contributed by atoms with Gasteiger partial charge in [-0.2, -0.15) is 0 Å². The van der Waals surface area contributed by atoms with Crippen LogP contribution in [0.15, 0.2) is 24.3 Å². The van der Waals surface area contributed by atoms with Crippen LogP contribution in [-0.4, -0.2) is 17.0 Å². The van der Waals surface area contributed by atoms with Gasteiger partial charge in [0.05, 0.1) is 11.8 Å². The molecule has 0 atom stereocenters. The molecular formula is C15H18N2O2S. The van der Waals surface area contributed by atoms with Gasteiger partial charge in [0.25, 0.3) is 5.91 Å². The summed E-state index contributed by atoms with van der Waals surface area (Å²) in [5.41, 5.74) is 1.64. The van der Waals surface area contributed by atoms with Gasteiger partial charge in [0.15, 0.2) is 5.01 Å². The fourth-order valence-corrected chi connectivity index (χ4v) is 2.45. The number of ether oxygens (including phenoxy) is 1. The van der Waals surface area contributed by atoms with Crippen LogP contribution in [0.25, 0.3) is 0 Å². The maximum Gasteiger partial charge on any atom is 0.284 e. The number of anilines is 1. The quantitative estimate of drug-likeness (QED) is 0.931. The lowest BCUT2D eigenvalue weighted by Crippen LogP contribution is -2.11. The Morgan fingerprint density at radius 1 is 1.25 bits per heavy atom. The predicted octanol–water partition coefficient (Wildman–Crippen LogP) is 3.80. The van der Waals surface area contributed by atoms with E-state index in [9.17, 15) is 4.79 Å². The molecule has 5 heteroatoms. The number of hydrogen-bond donors (Lipinski definition) is 1. The fraction of sp³-hybridized carbons (Fsp3) is 0.333. The minimum atomic E-state index is -0.177. The zero-order valence-corrected chi connectivity index (χ0v) is 12.9. The Kier molecular flexibility index (Phi) is 4.39. The zero-order chi connectivity index (χ0) is 14.7. The van der Waals surface area contributed by atoms with Gasteiger partial charge in [-0.15, -0.1) is 11.3 Å². The summed E-state index contributed by atoms with van der Waals surface area (Å²) in [7, 11) is 0. The van der Waals surface area contributed by atoms with Crippen molar-refractivity contribution in [2.45, 2.75) is 33.8 Å². The van der Waals surface area contributed by atoms with Crippen LogP contribution >= 0.6 is 11.3 Å². The summed E-state index contributed by atoms with van der Waals surface area (Å²) < 4.78 is 5.55. The van der Waals surface area contributed by atoms with E-state index >= 15 is 0 Å². The topological polar surface area (TPSA) is 51.2 Å². The SMILES string of the molecule is Cc1nc(C(=O)Nc2ccc(OC(C)C)cc2)sc1C. The van der Waals surface area contributed by atoms with Crippen molar-refractivity contribution in [2.24, 2.45) is 0 Å². The monoisotopic (exact) mass is 290 g/mol.